The van der Waals surface area contributed by atoms with E-state index in [9.17, 15) is 9.59 Å². The molecule has 0 aliphatic heterocycles. The molecule has 5 nitrogen and oxygen atoms in total. The van der Waals surface area contributed by atoms with Gasteiger partial charge in [0.25, 0.3) is 0 Å². The van der Waals surface area contributed by atoms with E-state index < -0.39 is 5.97 Å². The summed E-state index contributed by atoms with van der Waals surface area (Å²) >= 11 is 5.90. The minimum atomic E-state index is -1.06. The van der Waals surface area contributed by atoms with E-state index in [-0.39, 0.29) is 18.3 Å². The summed E-state index contributed by atoms with van der Waals surface area (Å²) in [6, 6.07) is 4.99. The molecule has 0 spiro atoms. The number of carboxylic acids is 1. The highest BCUT2D eigenvalue weighted by atomic mass is 35.5. The summed E-state index contributed by atoms with van der Waals surface area (Å²) in [4.78, 5) is 23.0. The number of carbonyl (C=O) groups is 1. The van der Waals surface area contributed by atoms with Crippen LogP contribution in [0.2, 0.25) is 5.02 Å². The average Bonchev–Trinajstić information content (AvgIpc) is 2.52. The zero-order valence-electron chi connectivity index (χ0n) is 10.1. The lowest BCUT2D eigenvalue weighted by Crippen LogP contribution is -2.27. The molecule has 0 saturated carbocycles. The molecule has 0 atom stereocenters. The van der Waals surface area contributed by atoms with Gasteiger partial charge in [-0.3, -0.25) is 13.9 Å². The fourth-order valence-corrected chi connectivity index (χ4v) is 2.21. The molecule has 1 N–H and O–H groups in total. The van der Waals surface area contributed by atoms with Crippen LogP contribution in [0.1, 0.15) is 19.9 Å². The molecule has 1 aromatic heterocycles. The van der Waals surface area contributed by atoms with Gasteiger partial charge in [-0.2, -0.15) is 0 Å². The van der Waals surface area contributed by atoms with Gasteiger partial charge in [0.15, 0.2) is 0 Å². The standard InChI is InChI=1S/C12H13ClN2O3/c1-7(2)15-9-4-3-8(13)5-10(9)14(12(15)18)6-11(16)17/h3-5,7H,6H2,1-2H3,(H,16,17). The summed E-state index contributed by atoms with van der Waals surface area (Å²) in [6.07, 6.45) is 0. The molecule has 0 radical (unpaired) electrons. The maximum absolute atomic E-state index is 12.2. The van der Waals surface area contributed by atoms with Crippen LogP contribution in [0.4, 0.5) is 0 Å². The summed E-state index contributed by atoms with van der Waals surface area (Å²) in [5.41, 5.74) is 0.911. The first kappa shape index (κ1) is 12.7. The van der Waals surface area contributed by atoms with Crippen LogP contribution in [0.3, 0.4) is 0 Å². The highest BCUT2D eigenvalue weighted by Crippen LogP contribution is 2.21. The van der Waals surface area contributed by atoms with Gasteiger partial charge in [0.2, 0.25) is 0 Å². The van der Waals surface area contributed by atoms with Gasteiger partial charge in [-0.1, -0.05) is 11.6 Å². The van der Waals surface area contributed by atoms with E-state index in [2.05, 4.69) is 0 Å². The molecule has 96 valence electrons. The first-order valence-electron chi connectivity index (χ1n) is 5.54. The van der Waals surface area contributed by atoms with Crippen LogP contribution in [0, 0.1) is 0 Å². The highest BCUT2D eigenvalue weighted by molar-refractivity contribution is 6.31. The number of hydrogen-bond acceptors (Lipinski definition) is 2. The van der Waals surface area contributed by atoms with Crippen molar-refractivity contribution in [2.75, 3.05) is 0 Å². The van der Waals surface area contributed by atoms with Crippen molar-refractivity contribution in [1.82, 2.24) is 9.13 Å². The number of carboxylic acid groups (broad SMARTS) is 1. The number of hydrogen-bond donors (Lipinski definition) is 1. The number of rotatable bonds is 3. The molecule has 0 aliphatic carbocycles. The normalized spacial score (nSPS) is 11.3. The topological polar surface area (TPSA) is 64.2 Å². The monoisotopic (exact) mass is 268 g/mol. The van der Waals surface area contributed by atoms with Crippen molar-refractivity contribution in [1.29, 1.82) is 0 Å². The Morgan fingerprint density at radius 3 is 2.61 bits per heavy atom. The summed E-state index contributed by atoms with van der Waals surface area (Å²) < 4.78 is 2.79. The minimum Gasteiger partial charge on any atom is -0.480 e. The summed E-state index contributed by atoms with van der Waals surface area (Å²) in [5.74, 6) is -1.06. The van der Waals surface area contributed by atoms with Crippen molar-refractivity contribution < 1.29 is 9.90 Å². The molecule has 0 bridgehead atoms. The molecule has 6 heteroatoms. The van der Waals surface area contributed by atoms with Crippen LogP contribution >= 0.6 is 11.6 Å². The number of benzene rings is 1. The van der Waals surface area contributed by atoms with Crippen molar-refractivity contribution in [3.05, 3.63) is 33.7 Å². The quantitative estimate of drug-likeness (QED) is 0.927. The second kappa shape index (κ2) is 4.49. The molecule has 0 fully saturated rings. The third-order valence-electron chi connectivity index (χ3n) is 2.73. The number of nitrogens with zero attached hydrogens (tertiary/aromatic N) is 2. The van der Waals surface area contributed by atoms with Gasteiger partial charge in [-0.05, 0) is 32.0 Å². The predicted octanol–water partition coefficient (Wildman–Crippen LogP) is 2.12. The van der Waals surface area contributed by atoms with Gasteiger partial charge >= 0.3 is 11.7 Å². The number of aromatic nitrogens is 2. The van der Waals surface area contributed by atoms with Crippen LogP contribution in [-0.4, -0.2) is 20.2 Å². The molecule has 0 unspecified atom stereocenters. The Bertz CT molecular complexity index is 670. The summed E-state index contributed by atoms with van der Waals surface area (Å²) in [7, 11) is 0. The van der Waals surface area contributed by atoms with E-state index in [4.69, 9.17) is 16.7 Å². The van der Waals surface area contributed by atoms with Gasteiger partial charge in [0, 0.05) is 11.1 Å². The molecular weight excluding hydrogens is 256 g/mol. The molecular formula is C12H13ClN2O3. The van der Waals surface area contributed by atoms with Crippen molar-refractivity contribution in [3.8, 4) is 0 Å². The second-order valence-electron chi connectivity index (χ2n) is 4.36. The first-order valence-corrected chi connectivity index (χ1v) is 5.91. The number of fused-ring (bicyclic) bond motifs is 1. The van der Waals surface area contributed by atoms with E-state index in [0.717, 1.165) is 0 Å². The summed E-state index contributed by atoms with van der Waals surface area (Å²) in [5, 5.41) is 9.34. The van der Waals surface area contributed by atoms with Crippen LogP contribution in [0.15, 0.2) is 23.0 Å². The maximum atomic E-state index is 12.2. The molecule has 2 aromatic rings. The maximum Gasteiger partial charge on any atom is 0.329 e. The molecule has 0 saturated heterocycles. The predicted molar refractivity (Wildman–Crippen MR) is 69.2 cm³/mol. The Morgan fingerprint density at radius 1 is 1.39 bits per heavy atom. The Labute approximate surface area is 108 Å². The number of aliphatic carboxylic acids is 1. The van der Waals surface area contributed by atoms with Crippen molar-refractivity contribution in [2.45, 2.75) is 26.4 Å². The van der Waals surface area contributed by atoms with E-state index in [0.29, 0.717) is 16.1 Å². The third kappa shape index (κ3) is 2.01. The van der Waals surface area contributed by atoms with Gasteiger partial charge in [0.1, 0.15) is 6.54 Å². The van der Waals surface area contributed by atoms with Crippen LogP contribution < -0.4 is 5.69 Å². The SMILES string of the molecule is CC(C)n1c(=O)n(CC(=O)O)c2cc(Cl)ccc21. The first-order chi connectivity index (χ1) is 8.41. The average molecular weight is 269 g/mol. The Kier molecular flexibility index (Phi) is 3.17. The molecule has 0 amide bonds. The summed E-state index contributed by atoms with van der Waals surface area (Å²) in [6.45, 7) is 3.39. The molecule has 2 rings (SSSR count). The highest BCUT2D eigenvalue weighted by Gasteiger charge is 2.16. The van der Waals surface area contributed by atoms with E-state index >= 15 is 0 Å². The number of imidazole rings is 1. The third-order valence-corrected chi connectivity index (χ3v) is 2.97. The van der Waals surface area contributed by atoms with Crippen molar-refractivity contribution in [3.63, 3.8) is 0 Å². The van der Waals surface area contributed by atoms with Crippen LogP contribution in [0.5, 0.6) is 0 Å². The molecule has 0 aliphatic rings. The zero-order chi connectivity index (χ0) is 13.4. The lowest BCUT2D eigenvalue weighted by molar-refractivity contribution is -0.137. The smallest absolute Gasteiger partial charge is 0.329 e. The van der Waals surface area contributed by atoms with Crippen molar-refractivity contribution >= 4 is 28.6 Å². The van der Waals surface area contributed by atoms with E-state index in [1.807, 2.05) is 13.8 Å². The number of halogens is 1. The van der Waals surface area contributed by atoms with Crippen molar-refractivity contribution in [2.24, 2.45) is 0 Å². The molecule has 1 aromatic carbocycles. The van der Waals surface area contributed by atoms with Crippen LogP contribution in [0.25, 0.3) is 11.0 Å². The molecule has 18 heavy (non-hydrogen) atoms. The second-order valence-corrected chi connectivity index (χ2v) is 4.80. The lowest BCUT2D eigenvalue weighted by atomic mass is 10.3. The Hall–Kier alpha value is -1.75. The minimum absolute atomic E-state index is 0.0452. The zero-order valence-corrected chi connectivity index (χ0v) is 10.8. The van der Waals surface area contributed by atoms with E-state index in [1.54, 1.807) is 22.8 Å². The largest absolute Gasteiger partial charge is 0.480 e. The van der Waals surface area contributed by atoms with Gasteiger partial charge in [-0.15, -0.1) is 0 Å². The Balaban J connectivity index is 2.83. The van der Waals surface area contributed by atoms with E-state index in [1.165, 1.54) is 4.57 Å². The van der Waals surface area contributed by atoms with Gasteiger partial charge in [0.05, 0.1) is 11.0 Å². The van der Waals surface area contributed by atoms with Gasteiger partial charge in [-0.25, -0.2) is 4.79 Å². The molecule has 1 heterocycles. The lowest BCUT2D eigenvalue weighted by Gasteiger charge is -2.06. The fourth-order valence-electron chi connectivity index (χ4n) is 2.04. The fraction of sp³-hybridized carbons (Fsp3) is 0.333. The van der Waals surface area contributed by atoms with Gasteiger partial charge < -0.3 is 5.11 Å². The van der Waals surface area contributed by atoms with Crippen LogP contribution in [-0.2, 0) is 11.3 Å². The Morgan fingerprint density at radius 2 is 2.06 bits per heavy atom.